The average Bonchev–Trinajstić information content (AvgIpc) is 3.07. The van der Waals surface area contributed by atoms with E-state index in [2.05, 4.69) is 25.5 Å². The van der Waals surface area contributed by atoms with Gasteiger partial charge in [-0.25, -0.2) is 9.97 Å². The Bertz CT molecular complexity index is 606. The molecule has 1 amide bonds. The highest BCUT2D eigenvalue weighted by Crippen LogP contribution is 2.26. The third-order valence-electron chi connectivity index (χ3n) is 5.41. The van der Waals surface area contributed by atoms with Crippen molar-refractivity contribution >= 4 is 23.8 Å². The second-order valence-corrected chi connectivity index (χ2v) is 7.28. The minimum Gasteiger partial charge on any atom is -0.368 e. The van der Waals surface area contributed by atoms with Gasteiger partial charge in [0.2, 0.25) is 5.91 Å². The van der Waals surface area contributed by atoms with Gasteiger partial charge in [-0.1, -0.05) is 25.7 Å². The van der Waals surface area contributed by atoms with Crippen LogP contribution in [0.2, 0.25) is 0 Å². The molecule has 3 N–H and O–H groups in total. The maximum atomic E-state index is 12.4. The van der Waals surface area contributed by atoms with Crippen molar-refractivity contribution in [2.75, 3.05) is 36.8 Å². The largest absolute Gasteiger partial charge is 0.368 e. The van der Waals surface area contributed by atoms with Crippen molar-refractivity contribution < 1.29 is 4.79 Å². The summed E-state index contributed by atoms with van der Waals surface area (Å²) in [5, 5.41) is 14.0. The normalized spacial score (nSPS) is 19.1. The molecule has 0 bridgehead atoms. The predicted octanol–water partition coefficient (Wildman–Crippen LogP) is 2.89. The molecule has 0 unspecified atom stereocenters. The highest BCUT2D eigenvalue weighted by atomic mass is 16.1. The molecular weight excluding hydrogens is 328 g/mol. The number of anilines is 2. The van der Waals surface area contributed by atoms with Crippen LogP contribution in [-0.4, -0.2) is 53.2 Å². The smallest absolute Gasteiger partial charge is 0.228 e. The van der Waals surface area contributed by atoms with Crippen molar-refractivity contribution in [1.82, 2.24) is 14.9 Å². The number of carbonyl (C=O) groups excluding carboxylic acids is 1. The van der Waals surface area contributed by atoms with Crippen LogP contribution in [0.25, 0.3) is 0 Å². The molecule has 1 aliphatic heterocycles. The van der Waals surface area contributed by atoms with Crippen molar-refractivity contribution in [3.05, 3.63) is 11.9 Å². The first-order valence-electron chi connectivity index (χ1n) is 9.90. The van der Waals surface area contributed by atoms with Crippen LogP contribution in [0.1, 0.15) is 56.9 Å². The van der Waals surface area contributed by atoms with Crippen molar-refractivity contribution in [2.45, 2.75) is 51.4 Å². The van der Waals surface area contributed by atoms with Crippen LogP contribution >= 0.6 is 0 Å². The number of nitrogens with one attached hydrogen (secondary N) is 3. The third-order valence-corrected chi connectivity index (χ3v) is 5.41. The summed E-state index contributed by atoms with van der Waals surface area (Å²) in [5.41, 5.74) is 0.551. The van der Waals surface area contributed by atoms with Gasteiger partial charge in [0.1, 0.15) is 18.0 Å². The number of carbonyl (C=O) groups is 1. The van der Waals surface area contributed by atoms with E-state index >= 15 is 0 Å². The van der Waals surface area contributed by atoms with E-state index < -0.39 is 0 Å². The maximum absolute atomic E-state index is 12.4. The average molecular weight is 358 g/mol. The van der Waals surface area contributed by atoms with Gasteiger partial charge in [-0.3, -0.25) is 4.79 Å². The molecular formula is C19H30N6O. The number of hydrogen-bond donors (Lipinski definition) is 3. The Hall–Kier alpha value is -2.02. The lowest BCUT2D eigenvalue weighted by atomic mass is 10.1. The molecule has 1 aromatic heterocycles. The van der Waals surface area contributed by atoms with Gasteiger partial charge in [-0.2, -0.15) is 0 Å². The standard InChI is InChI=1S/C19H30N6O/c20-13-16-17(21-9-12-25-10-5-1-2-6-11-25)22-14-23-18(16)24-19(26)15-7-3-4-8-15/h13-15,20H,1-12H2,(H2,21,22,23,24,26). The van der Waals surface area contributed by atoms with Gasteiger partial charge in [0.25, 0.3) is 0 Å². The lowest BCUT2D eigenvalue weighted by Crippen LogP contribution is -2.30. The van der Waals surface area contributed by atoms with Crippen molar-refractivity contribution in [2.24, 2.45) is 5.92 Å². The van der Waals surface area contributed by atoms with Gasteiger partial charge in [-0.15, -0.1) is 0 Å². The summed E-state index contributed by atoms with van der Waals surface area (Å²) in [6.45, 7) is 4.05. The molecule has 142 valence electrons. The van der Waals surface area contributed by atoms with Crippen LogP contribution in [0.15, 0.2) is 6.33 Å². The number of hydrogen-bond acceptors (Lipinski definition) is 6. The highest BCUT2D eigenvalue weighted by molar-refractivity contribution is 5.99. The Kier molecular flexibility index (Phi) is 6.94. The van der Waals surface area contributed by atoms with E-state index in [0.717, 1.165) is 51.9 Å². The fourth-order valence-electron chi connectivity index (χ4n) is 3.87. The van der Waals surface area contributed by atoms with E-state index in [1.807, 2.05) is 0 Å². The first kappa shape index (κ1) is 18.8. The number of aromatic nitrogens is 2. The molecule has 0 radical (unpaired) electrons. The highest BCUT2D eigenvalue weighted by Gasteiger charge is 2.24. The van der Waals surface area contributed by atoms with E-state index in [4.69, 9.17) is 5.41 Å². The zero-order chi connectivity index (χ0) is 18.2. The van der Waals surface area contributed by atoms with Gasteiger partial charge in [0.05, 0.1) is 5.56 Å². The van der Waals surface area contributed by atoms with Crippen LogP contribution in [0.4, 0.5) is 11.6 Å². The molecule has 3 rings (SSSR count). The van der Waals surface area contributed by atoms with Gasteiger partial charge in [0, 0.05) is 25.2 Å². The van der Waals surface area contributed by atoms with E-state index in [0.29, 0.717) is 17.2 Å². The monoisotopic (exact) mass is 358 g/mol. The molecule has 0 aromatic carbocycles. The molecule has 7 nitrogen and oxygen atoms in total. The molecule has 0 spiro atoms. The molecule has 2 aliphatic rings. The van der Waals surface area contributed by atoms with Crippen molar-refractivity contribution in [3.8, 4) is 0 Å². The molecule has 7 heteroatoms. The van der Waals surface area contributed by atoms with E-state index in [-0.39, 0.29) is 11.8 Å². The van der Waals surface area contributed by atoms with Gasteiger partial charge < -0.3 is 20.9 Å². The van der Waals surface area contributed by atoms with E-state index in [1.165, 1.54) is 38.2 Å². The van der Waals surface area contributed by atoms with Crippen LogP contribution in [0.3, 0.4) is 0 Å². The van der Waals surface area contributed by atoms with Crippen molar-refractivity contribution in [3.63, 3.8) is 0 Å². The Morgan fingerprint density at radius 1 is 1.12 bits per heavy atom. The third kappa shape index (κ3) is 5.00. The number of amides is 1. The van der Waals surface area contributed by atoms with Crippen LogP contribution in [0, 0.1) is 11.3 Å². The molecule has 1 aliphatic carbocycles. The molecule has 2 fully saturated rings. The first-order valence-corrected chi connectivity index (χ1v) is 9.90. The molecule has 2 heterocycles. The zero-order valence-electron chi connectivity index (χ0n) is 15.5. The molecule has 26 heavy (non-hydrogen) atoms. The molecule has 1 saturated carbocycles. The van der Waals surface area contributed by atoms with Crippen LogP contribution in [-0.2, 0) is 4.79 Å². The molecule has 1 saturated heterocycles. The number of rotatable bonds is 7. The summed E-state index contributed by atoms with van der Waals surface area (Å²) in [7, 11) is 0. The Morgan fingerprint density at radius 3 is 2.50 bits per heavy atom. The molecule has 1 aromatic rings. The summed E-state index contributed by atoms with van der Waals surface area (Å²) in [5.74, 6) is 1.14. The summed E-state index contributed by atoms with van der Waals surface area (Å²) in [4.78, 5) is 23.3. The van der Waals surface area contributed by atoms with Crippen molar-refractivity contribution in [1.29, 1.82) is 5.41 Å². The summed E-state index contributed by atoms with van der Waals surface area (Å²) < 4.78 is 0. The predicted molar refractivity (Wildman–Crippen MR) is 104 cm³/mol. The minimum atomic E-state index is 0.0137. The number of likely N-dealkylation sites (tertiary alicyclic amines) is 1. The quantitative estimate of drug-likeness (QED) is 0.652. The fourth-order valence-corrected chi connectivity index (χ4v) is 3.87. The Labute approximate surface area is 155 Å². The van der Waals surface area contributed by atoms with Crippen LogP contribution < -0.4 is 10.6 Å². The Balaban J connectivity index is 1.58. The second kappa shape index (κ2) is 9.62. The van der Waals surface area contributed by atoms with Gasteiger partial charge in [-0.05, 0) is 38.8 Å². The lowest BCUT2D eigenvalue weighted by molar-refractivity contribution is -0.119. The summed E-state index contributed by atoms with van der Waals surface area (Å²) in [6.07, 6.45) is 12.0. The van der Waals surface area contributed by atoms with Crippen LogP contribution in [0.5, 0.6) is 0 Å². The number of nitrogens with zero attached hydrogens (tertiary/aromatic N) is 3. The lowest BCUT2D eigenvalue weighted by Gasteiger charge is -2.20. The van der Waals surface area contributed by atoms with E-state index in [9.17, 15) is 4.79 Å². The second-order valence-electron chi connectivity index (χ2n) is 7.28. The van der Waals surface area contributed by atoms with E-state index in [1.54, 1.807) is 0 Å². The van der Waals surface area contributed by atoms with Gasteiger partial charge >= 0.3 is 0 Å². The summed E-state index contributed by atoms with van der Waals surface area (Å²) in [6, 6.07) is 0. The molecule has 0 atom stereocenters. The SMILES string of the molecule is N=Cc1c(NCCN2CCCCCC2)ncnc1NC(=O)C1CCCC1. The summed E-state index contributed by atoms with van der Waals surface area (Å²) >= 11 is 0. The Morgan fingerprint density at radius 2 is 1.81 bits per heavy atom. The maximum Gasteiger partial charge on any atom is 0.228 e. The zero-order valence-corrected chi connectivity index (χ0v) is 15.5. The van der Waals surface area contributed by atoms with Gasteiger partial charge in [0.15, 0.2) is 0 Å². The minimum absolute atomic E-state index is 0.0137. The topological polar surface area (TPSA) is 94.0 Å². The fraction of sp³-hybridized carbons (Fsp3) is 0.684. The first-order chi connectivity index (χ1) is 12.8.